The summed E-state index contributed by atoms with van der Waals surface area (Å²) in [4.78, 5) is 33.7. The summed E-state index contributed by atoms with van der Waals surface area (Å²) in [5.41, 5.74) is 0. The highest BCUT2D eigenvalue weighted by Gasteiger charge is 2.29. The van der Waals surface area contributed by atoms with Gasteiger partial charge in [-0.05, 0) is 33.1 Å². The van der Waals surface area contributed by atoms with Gasteiger partial charge in [-0.1, -0.05) is 12.2 Å². The zero-order chi connectivity index (χ0) is 14.3. The first-order chi connectivity index (χ1) is 8.99. The third kappa shape index (κ3) is 6.32. The lowest BCUT2D eigenvalue weighted by atomic mass is 10.0. The molecule has 0 aromatic carbocycles. The van der Waals surface area contributed by atoms with Crippen molar-refractivity contribution in [1.29, 1.82) is 0 Å². The van der Waals surface area contributed by atoms with E-state index in [1.54, 1.807) is 0 Å². The van der Waals surface area contributed by atoms with Crippen LogP contribution in [0, 0.1) is 5.92 Å². The Labute approximate surface area is 114 Å². The van der Waals surface area contributed by atoms with Crippen molar-refractivity contribution in [2.45, 2.75) is 58.5 Å². The number of Topliss-reactive ketones (excluding diaryl/α,β-unsaturated/α-hetero) is 2. The van der Waals surface area contributed by atoms with E-state index in [4.69, 9.17) is 4.74 Å². The summed E-state index contributed by atoms with van der Waals surface area (Å²) in [6, 6.07) is 0. The molecule has 0 heterocycles. The Bertz CT molecular complexity index is 368. The zero-order valence-electron chi connectivity index (χ0n) is 11.7. The maximum atomic E-state index is 11.4. The Morgan fingerprint density at radius 3 is 2.68 bits per heavy atom. The molecule has 1 atom stereocenters. The molecule has 4 heteroatoms. The van der Waals surface area contributed by atoms with E-state index in [-0.39, 0.29) is 36.0 Å². The number of unbranched alkanes of at least 4 members (excludes halogenated alkanes) is 1. The standard InChI is InChI=1S/C15H22O4/c1-11(2)19-15(18)8-6-4-3-5-7-12-9-13(16)10-14(12)17/h3,5,11-12H,4,6-10H2,1-2H3. The molecule has 0 aliphatic heterocycles. The van der Waals surface area contributed by atoms with E-state index in [0.29, 0.717) is 19.3 Å². The lowest BCUT2D eigenvalue weighted by Crippen LogP contribution is -2.10. The Morgan fingerprint density at radius 1 is 1.37 bits per heavy atom. The van der Waals surface area contributed by atoms with Gasteiger partial charge in [0.25, 0.3) is 0 Å². The van der Waals surface area contributed by atoms with E-state index in [1.807, 2.05) is 26.0 Å². The van der Waals surface area contributed by atoms with Crippen LogP contribution in [0.25, 0.3) is 0 Å². The first kappa shape index (κ1) is 15.6. The normalized spacial score (nSPS) is 19.6. The molecule has 1 saturated carbocycles. The van der Waals surface area contributed by atoms with Crippen LogP contribution in [-0.2, 0) is 19.1 Å². The summed E-state index contributed by atoms with van der Waals surface area (Å²) in [6.45, 7) is 3.66. The molecule has 0 radical (unpaired) electrons. The second kappa shape index (κ2) is 7.87. The molecule has 0 saturated heterocycles. The highest BCUT2D eigenvalue weighted by atomic mass is 16.5. The van der Waals surface area contributed by atoms with Gasteiger partial charge in [-0.15, -0.1) is 0 Å². The van der Waals surface area contributed by atoms with Crippen LogP contribution < -0.4 is 0 Å². The fraction of sp³-hybridized carbons (Fsp3) is 0.667. The van der Waals surface area contributed by atoms with Gasteiger partial charge in [0.05, 0.1) is 12.5 Å². The van der Waals surface area contributed by atoms with Crippen molar-refractivity contribution in [3.05, 3.63) is 12.2 Å². The minimum atomic E-state index is -0.167. The molecule has 1 fully saturated rings. The molecule has 19 heavy (non-hydrogen) atoms. The second-order valence-corrected chi connectivity index (χ2v) is 5.22. The summed E-state index contributed by atoms with van der Waals surface area (Å²) >= 11 is 0. The van der Waals surface area contributed by atoms with Crippen LogP contribution in [0.15, 0.2) is 12.2 Å². The number of esters is 1. The van der Waals surface area contributed by atoms with Gasteiger partial charge in [-0.2, -0.15) is 0 Å². The van der Waals surface area contributed by atoms with E-state index in [2.05, 4.69) is 0 Å². The van der Waals surface area contributed by atoms with Gasteiger partial charge in [-0.25, -0.2) is 0 Å². The van der Waals surface area contributed by atoms with Gasteiger partial charge in [0.2, 0.25) is 0 Å². The molecule has 0 aromatic rings. The van der Waals surface area contributed by atoms with Crippen molar-refractivity contribution in [1.82, 2.24) is 0 Å². The quantitative estimate of drug-likeness (QED) is 0.307. The van der Waals surface area contributed by atoms with Crippen molar-refractivity contribution in [2.75, 3.05) is 0 Å². The lowest BCUT2D eigenvalue weighted by Gasteiger charge is -2.06. The fourth-order valence-corrected chi connectivity index (χ4v) is 2.08. The highest BCUT2D eigenvalue weighted by Crippen LogP contribution is 2.22. The van der Waals surface area contributed by atoms with Crippen molar-refractivity contribution in [3.8, 4) is 0 Å². The van der Waals surface area contributed by atoms with Crippen LogP contribution in [-0.4, -0.2) is 23.6 Å². The van der Waals surface area contributed by atoms with E-state index in [9.17, 15) is 14.4 Å². The summed E-state index contributed by atoms with van der Waals surface area (Å²) in [5, 5.41) is 0. The first-order valence-electron chi connectivity index (χ1n) is 6.88. The average molecular weight is 266 g/mol. The van der Waals surface area contributed by atoms with Crippen molar-refractivity contribution >= 4 is 17.5 Å². The average Bonchev–Trinajstić information content (AvgIpc) is 2.61. The number of rotatable bonds is 7. The summed E-state index contributed by atoms with van der Waals surface area (Å²) in [6.07, 6.45) is 6.96. The van der Waals surface area contributed by atoms with Gasteiger partial charge in [0.15, 0.2) is 0 Å². The third-order valence-corrected chi connectivity index (χ3v) is 3.01. The van der Waals surface area contributed by atoms with Gasteiger partial charge in [-0.3, -0.25) is 14.4 Å². The molecule has 1 aliphatic rings. The number of ether oxygens (including phenoxy) is 1. The second-order valence-electron chi connectivity index (χ2n) is 5.22. The highest BCUT2D eigenvalue weighted by molar-refractivity contribution is 6.07. The van der Waals surface area contributed by atoms with Gasteiger partial charge >= 0.3 is 5.97 Å². The largest absolute Gasteiger partial charge is 0.463 e. The molecule has 4 nitrogen and oxygen atoms in total. The maximum absolute atomic E-state index is 11.4. The molecular weight excluding hydrogens is 244 g/mol. The molecule has 0 aromatic heterocycles. The molecule has 0 amide bonds. The number of hydrogen-bond donors (Lipinski definition) is 0. The van der Waals surface area contributed by atoms with Crippen LogP contribution >= 0.6 is 0 Å². The van der Waals surface area contributed by atoms with Gasteiger partial charge in [0, 0.05) is 18.8 Å². The molecule has 1 rings (SSSR count). The molecule has 106 valence electrons. The van der Waals surface area contributed by atoms with E-state index in [0.717, 1.165) is 12.8 Å². The molecular formula is C15H22O4. The van der Waals surface area contributed by atoms with Gasteiger partial charge in [0.1, 0.15) is 11.6 Å². The lowest BCUT2D eigenvalue weighted by molar-refractivity contribution is -0.147. The Morgan fingerprint density at radius 2 is 2.11 bits per heavy atom. The molecule has 1 aliphatic carbocycles. The minimum Gasteiger partial charge on any atom is -0.463 e. The Balaban J connectivity index is 2.09. The SMILES string of the molecule is CC(C)OC(=O)CCCC=CCC1CC(=O)CC1=O. The van der Waals surface area contributed by atoms with Crippen molar-refractivity contribution < 1.29 is 19.1 Å². The molecule has 0 bridgehead atoms. The molecule has 0 N–H and O–H groups in total. The van der Waals surface area contributed by atoms with E-state index in [1.165, 1.54) is 0 Å². The molecule has 1 unspecified atom stereocenters. The van der Waals surface area contributed by atoms with Crippen LogP contribution in [0.5, 0.6) is 0 Å². The number of carbonyl (C=O) groups excluding carboxylic acids is 3. The van der Waals surface area contributed by atoms with Crippen LogP contribution in [0.2, 0.25) is 0 Å². The number of carbonyl (C=O) groups is 3. The van der Waals surface area contributed by atoms with Crippen molar-refractivity contribution in [3.63, 3.8) is 0 Å². The topological polar surface area (TPSA) is 60.4 Å². The van der Waals surface area contributed by atoms with Crippen LogP contribution in [0.4, 0.5) is 0 Å². The van der Waals surface area contributed by atoms with E-state index < -0.39 is 0 Å². The molecule has 0 spiro atoms. The predicted molar refractivity (Wildman–Crippen MR) is 71.6 cm³/mol. The maximum Gasteiger partial charge on any atom is 0.306 e. The summed E-state index contributed by atoms with van der Waals surface area (Å²) in [5.74, 6) is -0.162. The first-order valence-corrected chi connectivity index (χ1v) is 6.88. The number of ketones is 2. The third-order valence-electron chi connectivity index (χ3n) is 3.01. The Kier molecular flexibility index (Phi) is 6.46. The summed E-state index contributed by atoms with van der Waals surface area (Å²) < 4.78 is 5.02. The van der Waals surface area contributed by atoms with Crippen LogP contribution in [0.3, 0.4) is 0 Å². The zero-order valence-corrected chi connectivity index (χ0v) is 11.7. The van der Waals surface area contributed by atoms with Crippen LogP contribution in [0.1, 0.15) is 52.4 Å². The number of allylic oxidation sites excluding steroid dienone is 2. The summed E-state index contributed by atoms with van der Waals surface area (Å²) in [7, 11) is 0. The van der Waals surface area contributed by atoms with E-state index >= 15 is 0 Å². The monoisotopic (exact) mass is 266 g/mol. The van der Waals surface area contributed by atoms with Crippen molar-refractivity contribution in [2.24, 2.45) is 5.92 Å². The predicted octanol–water partition coefficient (Wildman–Crippen LogP) is 2.60. The minimum absolute atomic E-state index is 0.0554. The fourth-order valence-electron chi connectivity index (χ4n) is 2.08. The Hall–Kier alpha value is -1.45. The number of hydrogen-bond acceptors (Lipinski definition) is 4. The smallest absolute Gasteiger partial charge is 0.306 e. The van der Waals surface area contributed by atoms with Gasteiger partial charge < -0.3 is 4.74 Å².